The fourth-order valence-corrected chi connectivity index (χ4v) is 5.27. The molecule has 4 rings (SSSR count). The molecule has 2 aromatic rings. The van der Waals surface area contributed by atoms with Crippen molar-refractivity contribution in [2.45, 2.75) is 44.6 Å². The smallest absolute Gasteiger partial charge is 0.343 e. The van der Waals surface area contributed by atoms with Gasteiger partial charge in [-0.3, -0.25) is 0 Å². The second-order valence-electron chi connectivity index (χ2n) is 8.71. The number of likely N-dealkylation sites (N-methyl/N-ethyl adjacent to an activating group) is 1. The number of rotatable bonds is 5. The van der Waals surface area contributed by atoms with Gasteiger partial charge in [-0.1, -0.05) is 24.3 Å². The molecule has 1 saturated heterocycles. The van der Waals surface area contributed by atoms with Gasteiger partial charge in [0.1, 0.15) is 5.76 Å². The molecule has 0 amide bonds. The first kappa shape index (κ1) is 21.4. The quantitative estimate of drug-likeness (QED) is 0.649. The Balaban J connectivity index is 1.62. The van der Waals surface area contributed by atoms with Crippen LogP contribution in [0.4, 0.5) is 0 Å². The molecule has 5 heteroatoms. The third-order valence-electron chi connectivity index (χ3n) is 7.04. The second kappa shape index (κ2) is 8.39. The number of methoxy groups -OCH3 is 2. The minimum atomic E-state index is -0.263. The van der Waals surface area contributed by atoms with Crippen LogP contribution < -0.4 is 9.47 Å². The summed E-state index contributed by atoms with van der Waals surface area (Å²) in [6, 6.07) is 12.4. The summed E-state index contributed by atoms with van der Waals surface area (Å²) in [6.07, 6.45) is 4.70. The van der Waals surface area contributed by atoms with E-state index in [1.165, 1.54) is 5.56 Å². The molecule has 1 fully saturated rings. The van der Waals surface area contributed by atoms with Crippen LogP contribution in [0.15, 0.2) is 48.2 Å². The van der Waals surface area contributed by atoms with E-state index in [1.54, 1.807) is 14.2 Å². The number of carbonyl (C=O) groups is 1. The summed E-state index contributed by atoms with van der Waals surface area (Å²) in [7, 11) is 5.48. The molecule has 1 aliphatic carbocycles. The highest BCUT2D eigenvalue weighted by atomic mass is 16.5. The van der Waals surface area contributed by atoms with Gasteiger partial charge in [0.05, 0.1) is 19.8 Å². The molecule has 31 heavy (non-hydrogen) atoms. The summed E-state index contributed by atoms with van der Waals surface area (Å²) in [6.45, 7) is 4.91. The Morgan fingerprint density at radius 1 is 1.06 bits per heavy atom. The summed E-state index contributed by atoms with van der Waals surface area (Å²) < 4.78 is 16.9. The number of hydrogen-bond donors (Lipinski definition) is 0. The highest BCUT2D eigenvalue weighted by Gasteiger charge is 2.49. The Hall–Kier alpha value is -2.79. The monoisotopic (exact) mass is 421 g/mol. The average molecular weight is 422 g/mol. The molecule has 2 aliphatic rings. The maximum atomic E-state index is 12.9. The Labute approximate surface area is 184 Å². The minimum absolute atomic E-state index is 0.0250. The number of benzene rings is 2. The number of allylic oxidation sites excluding steroid dienone is 1. The van der Waals surface area contributed by atoms with Crippen molar-refractivity contribution in [2.75, 3.05) is 27.8 Å². The van der Waals surface area contributed by atoms with Crippen LogP contribution in [-0.2, 0) is 10.2 Å². The van der Waals surface area contributed by atoms with E-state index in [0.29, 0.717) is 12.0 Å². The van der Waals surface area contributed by atoms with Crippen LogP contribution in [0.1, 0.15) is 46.3 Å². The number of fused-ring (bicyclic) bond motifs is 1. The van der Waals surface area contributed by atoms with Gasteiger partial charge < -0.3 is 19.1 Å². The van der Waals surface area contributed by atoms with Gasteiger partial charge in [0.2, 0.25) is 0 Å². The lowest BCUT2D eigenvalue weighted by Gasteiger charge is -2.40. The molecule has 5 nitrogen and oxygen atoms in total. The lowest BCUT2D eigenvalue weighted by Crippen LogP contribution is -2.43. The Kier molecular flexibility index (Phi) is 5.80. The van der Waals surface area contributed by atoms with Gasteiger partial charge in [0, 0.05) is 17.9 Å². The van der Waals surface area contributed by atoms with E-state index in [2.05, 4.69) is 30.2 Å². The zero-order valence-corrected chi connectivity index (χ0v) is 19.0. The lowest BCUT2D eigenvalue weighted by atomic mass is 9.68. The van der Waals surface area contributed by atoms with Crippen molar-refractivity contribution in [1.29, 1.82) is 0 Å². The number of ether oxygens (including phenoxy) is 3. The van der Waals surface area contributed by atoms with Crippen molar-refractivity contribution in [3.8, 4) is 11.5 Å². The van der Waals surface area contributed by atoms with Crippen LogP contribution in [0, 0.1) is 13.8 Å². The minimum Gasteiger partial charge on any atom is -0.493 e. The van der Waals surface area contributed by atoms with E-state index >= 15 is 0 Å². The van der Waals surface area contributed by atoms with Crippen LogP contribution in [0.2, 0.25) is 0 Å². The zero-order valence-electron chi connectivity index (χ0n) is 19.0. The molecule has 1 aliphatic heterocycles. The summed E-state index contributed by atoms with van der Waals surface area (Å²) in [4.78, 5) is 15.3. The summed E-state index contributed by atoms with van der Waals surface area (Å²) in [5.74, 6) is 1.99. The van der Waals surface area contributed by atoms with Gasteiger partial charge in [-0.25, -0.2) is 4.79 Å². The van der Waals surface area contributed by atoms with Crippen LogP contribution in [0.25, 0.3) is 0 Å². The molecule has 2 aromatic carbocycles. The molecule has 164 valence electrons. The summed E-state index contributed by atoms with van der Waals surface area (Å²) in [5, 5.41) is 0. The van der Waals surface area contributed by atoms with Crippen molar-refractivity contribution in [2.24, 2.45) is 0 Å². The van der Waals surface area contributed by atoms with E-state index in [4.69, 9.17) is 14.2 Å². The molecule has 2 unspecified atom stereocenters. The Morgan fingerprint density at radius 2 is 1.77 bits per heavy atom. The number of esters is 1. The van der Waals surface area contributed by atoms with Crippen molar-refractivity contribution in [1.82, 2.24) is 4.90 Å². The predicted octanol–water partition coefficient (Wildman–Crippen LogP) is 4.80. The molecule has 0 spiro atoms. The van der Waals surface area contributed by atoms with Gasteiger partial charge in [-0.2, -0.15) is 0 Å². The molecule has 0 N–H and O–H groups in total. The number of aryl methyl sites for hydroxylation is 2. The molecule has 2 atom stereocenters. The van der Waals surface area contributed by atoms with Crippen molar-refractivity contribution >= 4 is 5.97 Å². The fourth-order valence-electron chi connectivity index (χ4n) is 5.27. The lowest BCUT2D eigenvalue weighted by molar-refractivity contribution is 0.0578. The van der Waals surface area contributed by atoms with Gasteiger partial charge in [-0.05, 0) is 75.2 Å². The van der Waals surface area contributed by atoms with E-state index in [1.807, 2.05) is 38.1 Å². The summed E-state index contributed by atoms with van der Waals surface area (Å²) >= 11 is 0. The molecular weight excluding hydrogens is 390 g/mol. The van der Waals surface area contributed by atoms with Gasteiger partial charge in [-0.15, -0.1) is 0 Å². The maximum absolute atomic E-state index is 12.9. The number of likely N-dealkylation sites (tertiary alicyclic amines) is 1. The fraction of sp³-hybridized carbons (Fsp3) is 0.423. The average Bonchev–Trinajstić information content (AvgIpc) is 3.10. The number of carbonyl (C=O) groups excluding carboxylic acids is 1. The van der Waals surface area contributed by atoms with Crippen molar-refractivity contribution in [3.05, 3.63) is 70.5 Å². The normalized spacial score (nSPS) is 23.1. The van der Waals surface area contributed by atoms with Crippen LogP contribution in [0.3, 0.4) is 0 Å². The topological polar surface area (TPSA) is 48.0 Å². The van der Waals surface area contributed by atoms with Crippen LogP contribution >= 0.6 is 0 Å². The zero-order chi connectivity index (χ0) is 22.2. The molecule has 0 bridgehead atoms. The predicted molar refractivity (Wildman–Crippen MR) is 121 cm³/mol. The standard InChI is InChI=1S/C26H31NO4/c1-17-7-6-8-18(2)24(17)25(28)31-20-11-12-26(13-14-27(3)23(26)16-20)19-9-10-21(29-4)22(15-19)30-5/h6-11,15,23H,12-14,16H2,1-5H3. The number of hydrogen-bond acceptors (Lipinski definition) is 5. The van der Waals surface area contributed by atoms with E-state index < -0.39 is 0 Å². The first-order valence-electron chi connectivity index (χ1n) is 10.8. The van der Waals surface area contributed by atoms with E-state index in [-0.39, 0.29) is 17.4 Å². The van der Waals surface area contributed by atoms with E-state index in [0.717, 1.165) is 47.8 Å². The number of nitrogens with zero attached hydrogens (tertiary/aromatic N) is 1. The highest BCUT2D eigenvalue weighted by Crippen LogP contribution is 2.49. The largest absolute Gasteiger partial charge is 0.493 e. The summed E-state index contributed by atoms with van der Waals surface area (Å²) in [5.41, 5.74) is 3.77. The van der Waals surface area contributed by atoms with Crippen molar-refractivity contribution in [3.63, 3.8) is 0 Å². The third kappa shape index (κ3) is 3.72. The molecular formula is C26H31NO4. The van der Waals surface area contributed by atoms with Crippen LogP contribution in [0.5, 0.6) is 11.5 Å². The SMILES string of the molecule is COc1ccc(C23CC=C(OC(=O)c4c(C)cccc4C)CC2N(C)CC3)cc1OC. The highest BCUT2D eigenvalue weighted by molar-refractivity contribution is 5.93. The molecule has 0 saturated carbocycles. The molecule has 0 radical (unpaired) electrons. The Bertz CT molecular complexity index is 1010. The van der Waals surface area contributed by atoms with Gasteiger partial charge in [0.25, 0.3) is 0 Å². The first-order valence-corrected chi connectivity index (χ1v) is 10.8. The van der Waals surface area contributed by atoms with Crippen LogP contribution in [-0.4, -0.2) is 44.7 Å². The van der Waals surface area contributed by atoms with Crippen molar-refractivity contribution < 1.29 is 19.0 Å². The van der Waals surface area contributed by atoms with Gasteiger partial charge in [0.15, 0.2) is 11.5 Å². The van der Waals surface area contributed by atoms with E-state index in [9.17, 15) is 4.79 Å². The molecule has 1 heterocycles. The maximum Gasteiger partial charge on any atom is 0.343 e. The van der Waals surface area contributed by atoms with Gasteiger partial charge >= 0.3 is 5.97 Å². The Morgan fingerprint density at radius 3 is 2.45 bits per heavy atom. The molecule has 0 aromatic heterocycles. The first-order chi connectivity index (χ1) is 14.9. The second-order valence-corrected chi connectivity index (χ2v) is 8.71. The third-order valence-corrected chi connectivity index (χ3v) is 7.04.